The molecule has 3 nitrogen and oxygen atoms in total. The quantitative estimate of drug-likeness (QED) is 0.833. The first-order valence-electron chi connectivity index (χ1n) is 6.85. The molecule has 0 aliphatic carbocycles. The molecule has 18 heavy (non-hydrogen) atoms. The van der Waals surface area contributed by atoms with Crippen molar-refractivity contribution in [2.75, 3.05) is 13.1 Å². The van der Waals surface area contributed by atoms with Crippen LogP contribution in [-0.4, -0.2) is 35.2 Å². The third-order valence-corrected chi connectivity index (χ3v) is 3.75. The molecule has 1 heterocycles. The van der Waals surface area contributed by atoms with Crippen LogP contribution in [0.4, 0.5) is 0 Å². The fraction of sp³-hybridized carbons (Fsp3) is 0.600. The molecule has 1 aromatic carbocycles. The van der Waals surface area contributed by atoms with Gasteiger partial charge in [-0.15, -0.1) is 0 Å². The first-order chi connectivity index (χ1) is 8.69. The van der Waals surface area contributed by atoms with Gasteiger partial charge >= 0.3 is 0 Å². The Morgan fingerprint density at radius 2 is 1.94 bits per heavy atom. The molecule has 1 atom stereocenters. The maximum absolute atomic E-state index is 8.99. The number of hydrogen-bond acceptors (Lipinski definition) is 3. The Morgan fingerprint density at radius 3 is 2.50 bits per heavy atom. The molecule has 1 saturated heterocycles. The number of likely N-dealkylation sites (tertiary alicyclic amines) is 1. The average Bonchev–Trinajstić information content (AvgIpc) is 2.86. The van der Waals surface area contributed by atoms with Gasteiger partial charge in [-0.2, -0.15) is 0 Å². The second-order valence-corrected chi connectivity index (χ2v) is 5.43. The van der Waals surface area contributed by atoms with E-state index in [9.17, 15) is 0 Å². The summed E-state index contributed by atoms with van der Waals surface area (Å²) >= 11 is 0. The number of aliphatic hydroxyl groups is 1. The van der Waals surface area contributed by atoms with Crippen LogP contribution in [0.5, 0.6) is 0 Å². The van der Waals surface area contributed by atoms with Crippen LogP contribution in [-0.2, 0) is 13.2 Å². The summed E-state index contributed by atoms with van der Waals surface area (Å²) in [6.07, 6.45) is 1.24. The van der Waals surface area contributed by atoms with E-state index in [4.69, 9.17) is 5.11 Å². The maximum Gasteiger partial charge on any atom is 0.0681 e. The molecular weight excluding hydrogens is 224 g/mol. The summed E-state index contributed by atoms with van der Waals surface area (Å²) in [5, 5.41) is 12.6. The van der Waals surface area contributed by atoms with Gasteiger partial charge in [-0.25, -0.2) is 0 Å². The second kappa shape index (κ2) is 6.32. The molecule has 1 aliphatic rings. The monoisotopic (exact) mass is 248 g/mol. The molecular formula is C15H24N2O. The van der Waals surface area contributed by atoms with Crippen molar-refractivity contribution < 1.29 is 5.11 Å². The Morgan fingerprint density at radius 1 is 1.28 bits per heavy atom. The number of nitrogens with one attached hydrogen (secondary N) is 1. The summed E-state index contributed by atoms with van der Waals surface area (Å²) < 4.78 is 0. The van der Waals surface area contributed by atoms with E-state index < -0.39 is 0 Å². The third-order valence-electron chi connectivity index (χ3n) is 3.75. The molecule has 0 spiro atoms. The lowest BCUT2D eigenvalue weighted by molar-refractivity contribution is 0.268. The Bertz CT molecular complexity index is 361. The van der Waals surface area contributed by atoms with Crippen molar-refractivity contribution in [1.29, 1.82) is 0 Å². The Balaban J connectivity index is 1.78. The Kier molecular flexibility index (Phi) is 4.75. The van der Waals surface area contributed by atoms with E-state index >= 15 is 0 Å². The van der Waals surface area contributed by atoms with Crippen LogP contribution >= 0.6 is 0 Å². The summed E-state index contributed by atoms with van der Waals surface area (Å²) in [4.78, 5) is 2.52. The summed E-state index contributed by atoms with van der Waals surface area (Å²) in [7, 11) is 0. The van der Waals surface area contributed by atoms with Crippen molar-refractivity contribution in [3.63, 3.8) is 0 Å². The number of rotatable bonds is 5. The molecule has 100 valence electrons. The summed E-state index contributed by atoms with van der Waals surface area (Å²) in [5.74, 6) is 0. The molecule has 1 fully saturated rings. The molecule has 0 radical (unpaired) electrons. The van der Waals surface area contributed by atoms with E-state index in [1.54, 1.807) is 0 Å². The molecule has 3 heteroatoms. The summed E-state index contributed by atoms with van der Waals surface area (Å²) in [6.45, 7) is 7.93. The van der Waals surface area contributed by atoms with Gasteiger partial charge in [0, 0.05) is 25.2 Å². The molecule has 1 aromatic rings. The molecule has 2 N–H and O–H groups in total. The van der Waals surface area contributed by atoms with Crippen LogP contribution in [0.2, 0.25) is 0 Å². The zero-order chi connectivity index (χ0) is 13.0. The highest BCUT2D eigenvalue weighted by molar-refractivity contribution is 5.21. The maximum atomic E-state index is 8.99. The van der Waals surface area contributed by atoms with Gasteiger partial charge in [0.05, 0.1) is 6.61 Å². The van der Waals surface area contributed by atoms with Crippen molar-refractivity contribution in [2.45, 2.75) is 45.5 Å². The van der Waals surface area contributed by atoms with E-state index in [0.29, 0.717) is 12.1 Å². The van der Waals surface area contributed by atoms with Crippen molar-refractivity contribution in [3.05, 3.63) is 35.4 Å². The lowest BCUT2D eigenvalue weighted by Crippen LogP contribution is -2.34. The standard InChI is InChI=1S/C15H24N2O/c1-12(2)17-8-7-15(10-17)16-9-13-3-5-14(11-18)6-4-13/h3-6,12,15-16,18H,7-11H2,1-2H3. The molecule has 2 rings (SSSR count). The van der Waals surface area contributed by atoms with Crippen LogP contribution in [0.25, 0.3) is 0 Å². The van der Waals surface area contributed by atoms with E-state index in [-0.39, 0.29) is 6.61 Å². The lowest BCUT2D eigenvalue weighted by atomic mass is 10.1. The Labute approximate surface area is 110 Å². The normalized spacial score (nSPS) is 20.8. The fourth-order valence-electron chi connectivity index (χ4n) is 2.45. The van der Waals surface area contributed by atoms with E-state index in [1.807, 2.05) is 12.1 Å². The molecule has 0 amide bonds. The van der Waals surface area contributed by atoms with Crippen LogP contribution in [0.1, 0.15) is 31.4 Å². The molecule has 0 bridgehead atoms. The zero-order valence-electron chi connectivity index (χ0n) is 11.4. The zero-order valence-corrected chi connectivity index (χ0v) is 11.4. The highest BCUT2D eigenvalue weighted by Gasteiger charge is 2.23. The van der Waals surface area contributed by atoms with Crippen molar-refractivity contribution >= 4 is 0 Å². The van der Waals surface area contributed by atoms with Gasteiger partial charge in [-0.1, -0.05) is 24.3 Å². The van der Waals surface area contributed by atoms with Crippen molar-refractivity contribution in [3.8, 4) is 0 Å². The van der Waals surface area contributed by atoms with Gasteiger partial charge in [0.15, 0.2) is 0 Å². The minimum Gasteiger partial charge on any atom is -0.392 e. The largest absolute Gasteiger partial charge is 0.392 e. The summed E-state index contributed by atoms with van der Waals surface area (Å²) in [6, 6.07) is 9.44. The van der Waals surface area contributed by atoms with Crippen molar-refractivity contribution in [1.82, 2.24) is 10.2 Å². The van der Waals surface area contributed by atoms with Gasteiger partial charge < -0.3 is 10.4 Å². The van der Waals surface area contributed by atoms with Gasteiger partial charge in [0.2, 0.25) is 0 Å². The van der Waals surface area contributed by atoms with Gasteiger partial charge in [-0.05, 0) is 37.9 Å². The van der Waals surface area contributed by atoms with Crippen LogP contribution < -0.4 is 5.32 Å². The fourth-order valence-corrected chi connectivity index (χ4v) is 2.45. The summed E-state index contributed by atoms with van der Waals surface area (Å²) in [5.41, 5.74) is 2.26. The minimum atomic E-state index is 0.125. The number of aliphatic hydroxyl groups excluding tert-OH is 1. The van der Waals surface area contributed by atoms with Crippen LogP contribution in [0, 0.1) is 0 Å². The lowest BCUT2D eigenvalue weighted by Gasteiger charge is -2.20. The van der Waals surface area contributed by atoms with Gasteiger partial charge in [0.1, 0.15) is 0 Å². The smallest absolute Gasteiger partial charge is 0.0681 e. The third kappa shape index (κ3) is 3.55. The van der Waals surface area contributed by atoms with Crippen LogP contribution in [0.3, 0.4) is 0 Å². The predicted octanol–water partition coefficient (Wildman–Crippen LogP) is 1.75. The average molecular weight is 248 g/mol. The van der Waals surface area contributed by atoms with Gasteiger partial charge in [0.25, 0.3) is 0 Å². The molecule has 1 aliphatic heterocycles. The first kappa shape index (κ1) is 13.5. The Hall–Kier alpha value is -0.900. The van der Waals surface area contributed by atoms with Crippen LogP contribution in [0.15, 0.2) is 24.3 Å². The highest BCUT2D eigenvalue weighted by atomic mass is 16.3. The van der Waals surface area contributed by atoms with E-state index in [1.165, 1.54) is 18.5 Å². The molecule has 0 saturated carbocycles. The number of nitrogens with zero attached hydrogens (tertiary/aromatic N) is 1. The minimum absolute atomic E-state index is 0.125. The van der Waals surface area contributed by atoms with Gasteiger partial charge in [-0.3, -0.25) is 4.90 Å². The second-order valence-electron chi connectivity index (χ2n) is 5.43. The highest BCUT2D eigenvalue weighted by Crippen LogP contribution is 2.13. The SMILES string of the molecule is CC(C)N1CCC(NCc2ccc(CO)cc2)C1. The van der Waals surface area contributed by atoms with E-state index in [0.717, 1.165) is 18.7 Å². The van der Waals surface area contributed by atoms with Crippen molar-refractivity contribution in [2.24, 2.45) is 0 Å². The molecule has 1 unspecified atom stereocenters. The molecule has 0 aromatic heterocycles. The topological polar surface area (TPSA) is 35.5 Å². The predicted molar refractivity (Wildman–Crippen MR) is 74.3 cm³/mol. The number of benzene rings is 1. The van der Waals surface area contributed by atoms with E-state index in [2.05, 4.69) is 36.2 Å². The number of hydrogen-bond donors (Lipinski definition) is 2. The first-order valence-corrected chi connectivity index (χ1v) is 6.85.